The van der Waals surface area contributed by atoms with Crippen LogP contribution in [0.5, 0.6) is 0 Å². The minimum absolute atomic E-state index is 0.0532. The van der Waals surface area contributed by atoms with E-state index in [0.717, 1.165) is 12.0 Å². The second kappa shape index (κ2) is 10.1. The number of ether oxygens (including phenoxy) is 1. The van der Waals surface area contributed by atoms with E-state index in [0.29, 0.717) is 24.7 Å². The molecule has 0 radical (unpaired) electrons. The van der Waals surface area contributed by atoms with E-state index < -0.39 is 17.8 Å². The number of nitrogens with zero attached hydrogens (tertiary/aromatic N) is 1. The highest BCUT2D eigenvalue weighted by Gasteiger charge is 2.35. The number of hydrogen-bond acceptors (Lipinski definition) is 4. The lowest BCUT2D eigenvalue weighted by atomic mass is 10.0. The molecule has 2 amide bonds. The van der Waals surface area contributed by atoms with Crippen molar-refractivity contribution in [3.05, 3.63) is 65.7 Å². The van der Waals surface area contributed by atoms with Gasteiger partial charge in [0.05, 0.1) is 5.92 Å². The third kappa shape index (κ3) is 5.92. The van der Waals surface area contributed by atoms with Crippen molar-refractivity contribution in [3.8, 4) is 0 Å². The Labute approximate surface area is 177 Å². The Morgan fingerprint density at radius 3 is 2.47 bits per heavy atom. The molecule has 0 aromatic heterocycles. The third-order valence-corrected chi connectivity index (χ3v) is 5.27. The van der Waals surface area contributed by atoms with Crippen molar-refractivity contribution < 1.29 is 19.1 Å². The summed E-state index contributed by atoms with van der Waals surface area (Å²) < 4.78 is 5.15. The maximum atomic E-state index is 12.3. The topological polar surface area (TPSA) is 75.7 Å². The van der Waals surface area contributed by atoms with E-state index in [9.17, 15) is 14.4 Å². The first-order valence-corrected chi connectivity index (χ1v) is 10.3. The second-order valence-electron chi connectivity index (χ2n) is 7.91. The number of rotatable bonds is 8. The number of amides is 2. The fourth-order valence-corrected chi connectivity index (χ4v) is 3.46. The van der Waals surface area contributed by atoms with Crippen molar-refractivity contribution >= 4 is 23.5 Å². The van der Waals surface area contributed by atoms with Gasteiger partial charge >= 0.3 is 5.97 Å². The van der Waals surface area contributed by atoms with Gasteiger partial charge in [0, 0.05) is 25.2 Å². The number of carbonyl (C=O) groups is 3. The lowest BCUT2D eigenvalue weighted by Crippen LogP contribution is -2.29. The van der Waals surface area contributed by atoms with Gasteiger partial charge in [0.2, 0.25) is 5.91 Å². The van der Waals surface area contributed by atoms with Crippen LogP contribution in [0, 0.1) is 5.92 Å². The largest absolute Gasteiger partial charge is 0.455 e. The summed E-state index contributed by atoms with van der Waals surface area (Å²) in [6, 6.07) is 17.5. The number of carbonyl (C=O) groups excluding carboxylic acids is 3. The molecular weight excluding hydrogens is 380 g/mol. The van der Waals surface area contributed by atoms with Gasteiger partial charge in [-0.25, -0.2) is 0 Å². The van der Waals surface area contributed by atoms with E-state index in [1.54, 1.807) is 4.90 Å². The maximum absolute atomic E-state index is 12.3. The average Bonchev–Trinajstić information content (AvgIpc) is 3.12. The Hall–Kier alpha value is -3.15. The monoisotopic (exact) mass is 408 g/mol. The van der Waals surface area contributed by atoms with Crippen molar-refractivity contribution in [1.82, 2.24) is 4.90 Å². The lowest BCUT2D eigenvalue weighted by molar-refractivity contribution is -0.151. The molecule has 30 heavy (non-hydrogen) atoms. The van der Waals surface area contributed by atoms with E-state index in [1.165, 1.54) is 5.56 Å². The molecule has 0 bridgehead atoms. The molecule has 1 heterocycles. The summed E-state index contributed by atoms with van der Waals surface area (Å²) in [7, 11) is 0. The van der Waals surface area contributed by atoms with Gasteiger partial charge in [0.1, 0.15) is 0 Å². The standard InChI is InChI=1S/C24H28N2O4/c1-17(2)19-8-10-21(11-9-19)25-22(27)16-30-24(29)20-14-23(28)26(15-20)13-12-18-6-4-3-5-7-18/h3-11,17,20H,12-16H2,1-2H3,(H,25,27)/t20-/m1/s1. The SMILES string of the molecule is CC(C)c1ccc(NC(=O)COC(=O)[C@@H]2CC(=O)N(CCc3ccccc3)C2)cc1. The highest BCUT2D eigenvalue weighted by Crippen LogP contribution is 2.20. The number of likely N-dealkylation sites (tertiary alicyclic amines) is 1. The Morgan fingerprint density at radius 1 is 1.10 bits per heavy atom. The molecule has 0 aliphatic carbocycles. The van der Waals surface area contributed by atoms with Gasteiger partial charge in [-0.15, -0.1) is 0 Å². The molecule has 0 unspecified atom stereocenters. The number of hydrogen-bond donors (Lipinski definition) is 1. The van der Waals surface area contributed by atoms with Crippen LogP contribution in [0.2, 0.25) is 0 Å². The molecule has 1 aliphatic rings. The molecule has 1 N–H and O–H groups in total. The molecule has 0 spiro atoms. The minimum Gasteiger partial charge on any atom is -0.455 e. The first-order chi connectivity index (χ1) is 14.4. The van der Waals surface area contributed by atoms with Crippen molar-refractivity contribution in [2.75, 3.05) is 25.0 Å². The van der Waals surface area contributed by atoms with Crippen LogP contribution < -0.4 is 5.32 Å². The molecule has 158 valence electrons. The van der Waals surface area contributed by atoms with Gasteiger partial charge in [-0.2, -0.15) is 0 Å². The summed E-state index contributed by atoms with van der Waals surface area (Å²) in [6.45, 7) is 4.74. The zero-order valence-corrected chi connectivity index (χ0v) is 17.5. The summed E-state index contributed by atoms with van der Waals surface area (Å²) in [6.07, 6.45) is 0.873. The van der Waals surface area contributed by atoms with E-state index in [1.807, 2.05) is 54.6 Å². The normalized spacial score (nSPS) is 16.0. The lowest BCUT2D eigenvalue weighted by Gasteiger charge is -2.16. The molecule has 2 aromatic rings. The van der Waals surface area contributed by atoms with E-state index in [-0.39, 0.29) is 18.9 Å². The third-order valence-electron chi connectivity index (χ3n) is 5.27. The van der Waals surface area contributed by atoms with Gasteiger partial charge in [-0.3, -0.25) is 14.4 Å². The van der Waals surface area contributed by atoms with Crippen LogP contribution in [-0.2, 0) is 25.5 Å². The van der Waals surface area contributed by atoms with Gasteiger partial charge in [0.25, 0.3) is 5.91 Å². The molecule has 1 atom stereocenters. The molecule has 2 aromatic carbocycles. The van der Waals surface area contributed by atoms with Gasteiger partial charge in [-0.05, 0) is 35.6 Å². The Balaban J connectivity index is 1.42. The Bertz CT molecular complexity index is 878. The predicted octanol–water partition coefficient (Wildman–Crippen LogP) is 3.38. The highest BCUT2D eigenvalue weighted by molar-refractivity contribution is 5.93. The summed E-state index contributed by atoms with van der Waals surface area (Å²) in [4.78, 5) is 38.3. The maximum Gasteiger partial charge on any atom is 0.311 e. The van der Waals surface area contributed by atoms with Crippen LogP contribution in [0.4, 0.5) is 5.69 Å². The Kier molecular flexibility index (Phi) is 7.22. The fourth-order valence-electron chi connectivity index (χ4n) is 3.46. The second-order valence-corrected chi connectivity index (χ2v) is 7.91. The number of benzene rings is 2. The molecule has 6 heteroatoms. The van der Waals surface area contributed by atoms with E-state index in [4.69, 9.17) is 4.74 Å². The zero-order valence-electron chi connectivity index (χ0n) is 17.5. The smallest absolute Gasteiger partial charge is 0.311 e. The summed E-state index contributed by atoms with van der Waals surface area (Å²) in [5, 5.41) is 2.72. The molecule has 0 saturated carbocycles. The molecular formula is C24H28N2O4. The zero-order chi connectivity index (χ0) is 21.5. The summed E-state index contributed by atoms with van der Waals surface area (Å²) >= 11 is 0. The van der Waals surface area contributed by atoms with Crippen molar-refractivity contribution in [1.29, 1.82) is 0 Å². The predicted molar refractivity (Wildman–Crippen MR) is 115 cm³/mol. The van der Waals surface area contributed by atoms with Crippen LogP contribution in [0.15, 0.2) is 54.6 Å². The van der Waals surface area contributed by atoms with Crippen molar-refractivity contribution in [3.63, 3.8) is 0 Å². The van der Waals surface area contributed by atoms with Crippen molar-refractivity contribution in [2.24, 2.45) is 5.92 Å². The summed E-state index contributed by atoms with van der Waals surface area (Å²) in [5.74, 6) is -1.06. The van der Waals surface area contributed by atoms with Gasteiger partial charge in [0.15, 0.2) is 6.61 Å². The first kappa shape index (κ1) is 21.6. The number of esters is 1. The van der Waals surface area contributed by atoms with Crippen LogP contribution >= 0.6 is 0 Å². The summed E-state index contributed by atoms with van der Waals surface area (Å²) in [5.41, 5.74) is 2.99. The minimum atomic E-state index is -0.522. The number of anilines is 1. The van der Waals surface area contributed by atoms with E-state index >= 15 is 0 Å². The Morgan fingerprint density at radius 2 is 1.80 bits per heavy atom. The van der Waals surface area contributed by atoms with Crippen LogP contribution in [0.25, 0.3) is 0 Å². The fraction of sp³-hybridized carbons (Fsp3) is 0.375. The van der Waals surface area contributed by atoms with Crippen LogP contribution in [0.3, 0.4) is 0 Å². The van der Waals surface area contributed by atoms with Crippen molar-refractivity contribution in [2.45, 2.75) is 32.6 Å². The highest BCUT2D eigenvalue weighted by atomic mass is 16.5. The molecule has 6 nitrogen and oxygen atoms in total. The van der Waals surface area contributed by atoms with E-state index in [2.05, 4.69) is 19.2 Å². The number of nitrogens with one attached hydrogen (secondary N) is 1. The molecule has 1 saturated heterocycles. The molecule has 1 aliphatic heterocycles. The van der Waals surface area contributed by atoms with Crippen LogP contribution in [-0.4, -0.2) is 42.4 Å². The first-order valence-electron chi connectivity index (χ1n) is 10.3. The molecule has 1 fully saturated rings. The van der Waals surface area contributed by atoms with Gasteiger partial charge in [-0.1, -0.05) is 56.3 Å². The quantitative estimate of drug-likeness (QED) is 0.680. The van der Waals surface area contributed by atoms with Crippen LogP contribution in [0.1, 0.15) is 37.3 Å². The molecule has 3 rings (SSSR count). The van der Waals surface area contributed by atoms with Gasteiger partial charge < -0.3 is 15.0 Å². The average molecular weight is 408 g/mol.